The van der Waals surface area contributed by atoms with Gasteiger partial charge in [0.1, 0.15) is 6.10 Å². The molecule has 2 aliphatic rings. The Morgan fingerprint density at radius 3 is 3.00 bits per heavy atom. The Morgan fingerprint density at radius 1 is 1.43 bits per heavy atom. The number of thiazole rings is 1. The molecule has 0 saturated carbocycles. The summed E-state index contributed by atoms with van der Waals surface area (Å²) in [5, 5.41) is 5.70. The highest BCUT2D eigenvalue weighted by Gasteiger charge is 2.65. The molecule has 0 amide bonds. The van der Waals surface area contributed by atoms with Crippen molar-refractivity contribution in [3.63, 3.8) is 0 Å². The monoisotopic (exact) mass is 408 g/mol. The van der Waals surface area contributed by atoms with Gasteiger partial charge in [0, 0.05) is 31.4 Å². The lowest BCUT2D eigenvalue weighted by molar-refractivity contribution is -0.160. The van der Waals surface area contributed by atoms with Crippen LogP contribution in [0.25, 0.3) is 0 Å². The summed E-state index contributed by atoms with van der Waals surface area (Å²) < 4.78 is 16.8. The van der Waals surface area contributed by atoms with Crippen molar-refractivity contribution in [1.82, 2.24) is 4.98 Å². The Morgan fingerprint density at radius 2 is 2.25 bits per heavy atom. The molecule has 1 spiro atoms. The minimum atomic E-state index is -1.26. The second kappa shape index (κ2) is 8.61. The maximum absolute atomic E-state index is 12.7. The third-order valence-electron chi connectivity index (χ3n) is 5.23. The van der Waals surface area contributed by atoms with Crippen molar-refractivity contribution in [2.24, 2.45) is 5.41 Å². The number of hydrogen-bond acceptors (Lipinski definition) is 8. The van der Waals surface area contributed by atoms with Crippen LogP contribution in [-0.2, 0) is 29.4 Å². The van der Waals surface area contributed by atoms with Crippen molar-refractivity contribution < 1.29 is 23.8 Å². The predicted molar refractivity (Wildman–Crippen MR) is 106 cm³/mol. The molecule has 28 heavy (non-hydrogen) atoms. The lowest BCUT2D eigenvalue weighted by Crippen LogP contribution is -2.32. The summed E-state index contributed by atoms with van der Waals surface area (Å²) in [6, 6.07) is 0. The number of carbonyl (C=O) groups is 2. The molecule has 3 atom stereocenters. The van der Waals surface area contributed by atoms with Gasteiger partial charge in [-0.05, 0) is 13.3 Å². The summed E-state index contributed by atoms with van der Waals surface area (Å²) in [4.78, 5) is 29.8. The van der Waals surface area contributed by atoms with E-state index in [0.29, 0.717) is 31.9 Å². The van der Waals surface area contributed by atoms with Crippen LogP contribution < -0.4 is 5.32 Å². The normalized spacial score (nSPS) is 29.1. The molecule has 1 aromatic rings. The summed E-state index contributed by atoms with van der Waals surface area (Å²) in [6.07, 6.45) is 5.06. The van der Waals surface area contributed by atoms with Crippen LogP contribution in [0.1, 0.15) is 51.6 Å². The van der Waals surface area contributed by atoms with E-state index in [1.807, 2.05) is 5.38 Å². The van der Waals surface area contributed by atoms with Crippen LogP contribution in [0, 0.1) is 5.41 Å². The Hall–Kier alpha value is -1.93. The second-order valence-corrected chi connectivity index (χ2v) is 8.46. The van der Waals surface area contributed by atoms with Crippen LogP contribution in [0.5, 0.6) is 0 Å². The van der Waals surface area contributed by atoms with E-state index in [0.717, 1.165) is 24.4 Å². The molecule has 0 unspecified atom stereocenters. The first-order valence-corrected chi connectivity index (χ1v) is 10.6. The largest absolute Gasteiger partial charge is 0.459 e. The molecule has 2 aliphatic heterocycles. The van der Waals surface area contributed by atoms with Gasteiger partial charge in [-0.1, -0.05) is 25.8 Å². The van der Waals surface area contributed by atoms with Gasteiger partial charge >= 0.3 is 11.9 Å². The molecule has 3 rings (SSSR count). The molecule has 1 aromatic heterocycles. The number of anilines is 1. The third kappa shape index (κ3) is 4.07. The van der Waals surface area contributed by atoms with E-state index in [2.05, 4.69) is 23.8 Å². The predicted octanol–water partition coefficient (Wildman–Crippen LogP) is 3.41. The Labute approximate surface area is 169 Å². The zero-order valence-corrected chi connectivity index (χ0v) is 17.3. The smallest absolute Gasteiger partial charge is 0.324 e. The molecule has 154 valence electrons. The lowest BCUT2D eigenvalue weighted by Gasteiger charge is -2.20. The average Bonchev–Trinajstić information content (AvgIpc) is 3.32. The fraction of sp³-hybridized carbons (Fsp3) is 0.650. The van der Waals surface area contributed by atoms with Gasteiger partial charge < -0.3 is 19.5 Å². The van der Waals surface area contributed by atoms with Gasteiger partial charge in [0.2, 0.25) is 0 Å². The first-order chi connectivity index (χ1) is 13.4. The zero-order chi connectivity index (χ0) is 20.2. The highest BCUT2D eigenvalue weighted by molar-refractivity contribution is 7.13. The molecular weight excluding hydrogens is 380 g/mol. The second-order valence-electron chi connectivity index (χ2n) is 7.60. The maximum atomic E-state index is 12.7. The number of aromatic nitrogens is 1. The van der Waals surface area contributed by atoms with Crippen LogP contribution in [0.15, 0.2) is 18.0 Å². The number of esters is 2. The molecule has 0 radical (unpaired) electrons. The summed E-state index contributed by atoms with van der Waals surface area (Å²) >= 11 is 1.43. The van der Waals surface area contributed by atoms with Crippen molar-refractivity contribution >= 4 is 28.4 Å². The number of nitrogens with zero attached hydrogens (tertiary/aromatic N) is 1. The molecule has 3 heterocycles. The Bertz CT molecular complexity index is 736. The summed E-state index contributed by atoms with van der Waals surface area (Å²) in [5.74, 6) is -1.04. The van der Waals surface area contributed by atoms with E-state index in [-0.39, 0.29) is 6.42 Å². The van der Waals surface area contributed by atoms with Gasteiger partial charge in [-0.2, -0.15) is 0 Å². The van der Waals surface area contributed by atoms with Crippen molar-refractivity contribution in [3.8, 4) is 0 Å². The third-order valence-corrected chi connectivity index (χ3v) is 6.03. The van der Waals surface area contributed by atoms with Crippen molar-refractivity contribution in [1.29, 1.82) is 0 Å². The first kappa shape index (κ1) is 20.8. The SMILES string of the molecule is C=CCNc1nc([C@]2(C)C[C@@]3(C[C@@H](COCCCCC)OC3=O)C(=O)O2)cs1. The van der Waals surface area contributed by atoms with Gasteiger partial charge in [0.15, 0.2) is 16.1 Å². The van der Waals surface area contributed by atoms with Crippen molar-refractivity contribution in [2.75, 3.05) is 25.1 Å². The molecule has 8 heteroatoms. The van der Waals surface area contributed by atoms with E-state index >= 15 is 0 Å². The van der Waals surface area contributed by atoms with Crippen LogP contribution in [-0.4, -0.2) is 42.8 Å². The van der Waals surface area contributed by atoms with Crippen molar-refractivity contribution in [3.05, 3.63) is 23.7 Å². The van der Waals surface area contributed by atoms with E-state index in [9.17, 15) is 9.59 Å². The molecule has 0 aromatic carbocycles. The molecule has 1 N–H and O–H groups in total. The summed E-state index contributed by atoms with van der Waals surface area (Å²) in [5.41, 5.74) is -1.57. The quantitative estimate of drug-likeness (QED) is 0.275. The van der Waals surface area contributed by atoms with Gasteiger partial charge in [-0.15, -0.1) is 17.9 Å². The number of unbranched alkanes of at least 4 members (excludes halogenated alkanes) is 2. The highest BCUT2D eigenvalue weighted by Crippen LogP contribution is 2.52. The molecule has 2 saturated heterocycles. The zero-order valence-electron chi connectivity index (χ0n) is 16.5. The van der Waals surface area contributed by atoms with Crippen LogP contribution in [0.3, 0.4) is 0 Å². The van der Waals surface area contributed by atoms with Gasteiger partial charge in [0.05, 0.1) is 12.3 Å². The molecule has 2 fully saturated rings. The first-order valence-electron chi connectivity index (χ1n) is 9.76. The van der Waals surface area contributed by atoms with Crippen molar-refractivity contribution in [2.45, 2.75) is 57.7 Å². The number of nitrogens with one attached hydrogen (secondary N) is 1. The van der Waals surface area contributed by atoms with Crippen LogP contribution in [0.4, 0.5) is 5.13 Å². The highest BCUT2D eigenvalue weighted by atomic mass is 32.1. The van der Waals surface area contributed by atoms with E-state index in [1.54, 1.807) is 13.0 Å². The summed E-state index contributed by atoms with van der Waals surface area (Å²) in [6.45, 7) is 9.14. The average molecular weight is 409 g/mol. The summed E-state index contributed by atoms with van der Waals surface area (Å²) in [7, 11) is 0. The Kier molecular flexibility index (Phi) is 6.40. The number of cyclic esters (lactones) is 2. The fourth-order valence-corrected chi connectivity index (χ4v) is 4.58. The lowest BCUT2D eigenvalue weighted by atomic mass is 9.78. The number of carbonyl (C=O) groups excluding carboxylic acids is 2. The number of hydrogen-bond donors (Lipinski definition) is 1. The molecule has 0 aliphatic carbocycles. The standard InChI is InChI=1S/C20H28N2O5S/c1-4-6-7-9-25-11-14-10-20(16(23)26-14)13-19(3,27-17(20)24)15-12-28-18(22-15)21-8-5-2/h5,12,14H,2,4,6-11,13H2,1,3H3,(H,21,22)/t14-,19-,20+/m0/s1. The van der Waals surface area contributed by atoms with E-state index < -0.39 is 29.1 Å². The molecule has 7 nitrogen and oxygen atoms in total. The number of rotatable bonds is 10. The van der Waals surface area contributed by atoms with Gasteiger partial charge in [0.25, 0.3) is 0 Å². The van der Waals surface area contributed by atoms with Crippen LogP contribution >= 0.6 is 11.3 Å². The minimum Gasteiger partial charge on any atom is -0.459 e. The van der Waals surface area contributed by atoms with Gasteiger partial charge in [-0.3, -0.25) is 9.59 Å². The number of ether oxygens (including phenoxy) is 3. The van der Waals surface area contributed by atoms with E-state index in [4.69, 9.17) is 14.2 Å². The minimum absolute atomic E-state index is 0.231. The van der Waals surface area contributed by atoms with E-state index in [1.165, 1.54) is 11.3 Å². The Balaban J connectivity index is 1.64. The topological polar surface area (TPSA) is 86.8 Å². The fourth-order valence-electron chi connectivity index (χ4n) is 3.74. The molecule has 0 bridgehead atoms. The van der Waals surface area contributed by atoms with Gasteiger partial charge in [-0.25, -0.2) is 4.98 Å². The maximum Gasteiger partial charge on any atom is 0.324 e. The molecular formula is C20H28N2O5S. The van der Waals surface area contributed by atoms with Crippen LogP contribution in [0.2, 0.25) is 0 Å².